The Kier molecular flexibility index (Phi) is 12.4. The van der Waals surface area contributed by atoms with Crippen LogP contribution in [0.25, 0.3) is 11.3 Å². The lowest BCUT2D eigenvalue weighted by Crippen LogP contribution is -2.58. The van der Waals surface area contributed by atoms with Crippen molar-refractivity contribution in [3.63, 3.8) is 0 Å². The second-order valence-corrected chi connectivity index (χ2v) is 13.2. The monoisotopic (exact) mass is 659 g/mol. The van der Waals surface area contributed by atoms with Gasteiger partial charge in [-0.1, -0.05) is 81.4 Å². The summed E-state index contributed by atoms with van der Waals surface area (Å²) in [5.74, 6) is -0.923. The summed E-state index contributed by atoms with van der Waals surface area (Å²) in [6, 6.07) is 21.4. The van der Waals surface area contributed by atoms with Crippen molar-refractivity contribution < 1.29 is 29.3 Å². The van der Waals surface area contributed by atoms with Crippen LogP contribution in [-0.2, 0) is 22.6 Å². The molecule has 5 N–H and O–H groups in total. The third-order valence-corrected chi connectivity index (χ3v) is 8.44. The Morgan fingerprint density at radius 1 is 0.957 bits per heavy atom. The first-order valence-corrected chi connectivity index (χ1v) is 16.2. The predicted molar refractivity (Wildman–Crippen MR) is 180 cm³/mol. The van der Waals surface area contributed by atoms with Crippen molar-refractivity contribution in [2.45, 2.75) is 64.3 Å². The minimum atomic E-state index is -1.21. The number of carbonyl (C=O) groups excluding carboxylic acids is 2. The predicted octanol–water partition coefficient (Wildman–Crippen LogP) is 5.38. The molecule has 3 unspecified atom stereocenters. The Morgan fingerprint density at radius 3 is 2.30 bits per heavy atom. The van der Waals surface area contributed by atoms with Gasteiger partial charge in [-0.3, -0.25) is 14.8 Å². The molecule has 0 aliphatic carbocycles. The number of carboxylic acid groups (broad SMARTS) is 1. The fourth-order valence-corrected chi connectivity index (χ4v) is 5.76. The Balaban J connectivity index is 1.61. The van der Waals surface area contributed by atoms with Crippen molar-refractivity contribution in [2.75, 3.05) is 6.54 Å². The van der Waals surface area contributed by atoms with Gasteiger partial charge in [-0.15, -0.1) is 11.3 Å². The second kappa shape index (κ2) is 16.7. The van der Waals surface area contributed by atoms with Gasteiger partial charge in [0.25, 0.3) is 0 Å². The third kappa shape index (κ3) is 10.6. The van der Waals surface area contributed by atoms with Crippen LogP contribution in [0.2, 0.25) is 0 Å². The molecule has 11 nitrogen and oxygen atoms in total. The lowest BCUT2D eigenvalue weighted by molar-refractivity contribution is -0.127. The number of rotatable bonds is 14. The number of aliphatic hydroxyl groups is 1. The van der Waals surface area contributed by atoms with E-state index < -0.39 is 47.6 Å². The first-order valence-electron chi connectivity index (χ1n) is 15.3. The number of nitrogens with one attached hydrogen (secondary N) is 3. The molecule has 0 radical (unpaired) electrons. The van der Waals surface area contributed by atoms with Crippen LogP contribution in [0, 0.1) is 5.41 Å². The van der Waals surface area contributed by atoms with Crippen molar-refractivity contribution in [3.8, 4) is 11.3 Å². The van der Waals surface area contributed by atoms with E-state index in [0.29, 0.717) is 6.42 Å². The summed E-state index contributed by atoms with van der Waals surface area (Å²) in [6.45, 7) is 5.46. The van der Waals surface area contributed by atoms with Crippen LogP contribution >= 0.6 is 11.3 Å². The summed E-state index contributed by atoms with van der Waals surface area (Å²) >= 11 is 1.35. The standard InChI is InChI=1S/C35H41N5O6S/c1-35(2,3)31(40-34(45)46-21-26-20-36-22-47-26)32(42)39-30(29(41)16-18-38-33(43)44)27(24-9-5-4-6-10-24)19-23-12-14-25(15-13-23)28-11-7-8-17-37-28/h4-15,17,20,22,27,29-31,38,41H,16,18-19,21H2,1-3H3,(H,39,42)(H,40,45)(H,43,44)/t27?,29?,30?,31-/m1/s1. The van der Waals surface area contributed by atoms with Crippen LogP contribution in [0.3, 0.4) is 0 Å². The molecule has 0 saturated carbocycles. The van der Waals surface area contributed by atoms with Gasteiger partial charge < -0.3 is 30.9 Å². The number of amides is 3. The molecule has 0 fully saturated rings. The molecular formula is C35H41N5O6S. The van der Waals surface area contributed by atoms with Crippen LogP contribution in [0.4, 0.5) is 9.59 Å². The van der Waals surface area contributed by atoms with E-state index in [9.17, 15) is 19.5 Å². The van der Waals surface area contributed by atoms with Gasteiger partial charge in [0.1, 0.15) is 12.6 Å². The van der Waals surface area contributed by atoms with Crippen molar-refractivity contribution in [2.24, 2.45) is 5.41 Å². The number of aliphatic hydroxyl groups excluding tert-OH is 1. The number of aromatic nitrogens is 2. The number of nitrogens with zero attached hydrogens (tertiary/aromatic N) is 2. The number of benzene rings is 2. The Morgan fingerprint density at radius 2 is 1.68 bits per heavy atom. The summed E-state index contributed by atoms with van der Waals surface area (Å²) in [6.07, 6.45) is 0.733. The third-order valence-electron chi connectivity index (χ3n) is 7.69. The van der Waals surface area contributed by atoms with E-state index >= 15 is 0 Å². The number of hydrogen-bond donors (Lipinski definition) is 5. The maximum Gasteiger partial charge on any atom is 0.408 e. The largest absolute Gasteiger partial charge is 0.465 e. The number of alkyl carbamates (subject to hydrolysis) is 1. The lowest BCUT2D eigenvalue weighted by atomic mass is 9.81. The molecule has 0 aliphatic rings. The van der Waals surface area contributed by atoms with Gasteiger partial charge in [0, 0.05) is 30.4 Å². The van der Waals surface area contributed by atoms with Crippen LogP contribution in [-0.4, -0.2) is 63.0 Å². The molecule has 3 amide bonds. The van der Waals surface area contributed by atoms with Gasteiger partial charge >= 0.3 is 12.2 Å². The number of hydrogen-bond acceptors (Lipinski definition) is 8. The van der Waals surface area contributed by atoms with Gasteiger partial charge in [-0.2, -0.15) is 0 Å². The Labute approximate surface area is 278 Å². The zero-order chi connectivity index (χ0) is 33.8. The SMILES string of the molecule is CC(C)(C)[C@H](NC(=O)OCc1cncs1)C(=O)NC(C(O)CCNC(=O)O)C(Cc1ccc(-c2ccccn2)cc1)c1ccccc1. The van der Waals surface area contributed by atoms with Gasteiger partial charge in [-0.05, 0) is 41.5 Å². The molecule has 2 heterocycles. The highest BCUT2D eigenvalue weighted by Gasteiger charge is 2.38. The summed E-state index contributed by atoms with van der Waals surface area (Å²) < 4.78 is 5.35. The second-order valence-electron chi connectivity index (χ2n) is 12.2. The number of pyridine rings is 1. The fraction of sp³-hybridized carbons (Fsp3) is 0.343. The van der Waals surface area contributed by atoms with E-state index in [1.165, 1.54) is 11.3 Å². The molecule has 4 atom stereocenters. The zero-order valence-corrected chi connectivity index (χ0v) is 27.4. The molecule has 0 spiro atoms. The summed E-state index contributed by atoms with van der Waals surface area (Å²) in [7, 11) is 0. The van der Waals surface area contributed by atoms with E-state index in [-0.39, 0.29) is 19.6 Å². The Bertz CT molecular complexity index is 1560. The Hall–Kier alpha value is -4.81. The smallest absolute Gasteiger partial charge is 0.408 e. The highest BCUT2D eigenvalue weighted by molar-refractivity contribution is 7.09. The average molecular weight is 660 g/mol. The van der Waals surface area contributed by atoms with Gasteiger partial charge in [0.05, 0.1) is 28.2 Å². The molecule has 0 saturated heterocycles. The van der Waals surface area contributed by atoms with Gasteiger partial charge in [-0.25, -0.2) is 9.59 Å². The van der Waals surface area contributed by atoms with E-state index in [1.54, 1.807) is 17.9 Å². The fourth-order valence-electron chi connectivity index (χ4n) is 5.26. The minimum absolute atomic E-state index is 0.0160. The lowest BCUT2D eigenvalue weighted by Gasteiger charge is -2.36. The van der Waals surface area contributed by atoms with Crippen molar-refractivity contribution in [3.05, 3.63) is 107 Å². The van der Waals surface area contributed by atoms with Crippen molar-refractivity contribution in [1.82, 2.24) is 25.9 Å². The first-order chi connectivity index (χ1) is 22.5. The van der Waals surface area contributed by atoms with E-state index in [2.05, 4.69) is 25.9 Å². The molecule has 0 bridgehead atoms. The highest BCUT2D eigenvalue weighted by atomic mass is 32.1. The van der Waals surface area contributed by atoms with Gasteiger partial charge in [0.15, 0.2) is 0 Å². The van der Waals surface area contributed by atoms with E-state index in [1.807, 2.05) is 93.6 Å². The molecule has 0 aliphatic heterocycles. The number of ether oxygens (including phenoxy) is 1. The molecule has 4 aromatic rings. The molecule has 47 heavy (non-hydrogen) atoms. The zero-order valence-electron chi connectivity index (χ0n) is 26.6. The maximum atomic E-state index is 14.0. The molecule has 2 aromatic carbocycles. The summed E-state index contributed by atoms with van der Waals surface area (Å²) in [4.78, 5) is 47.2. The molecule has 248 valence electrons. The van der Waals surface area contributed by atoms with Crippen LogP contribution < -0.4 is 16.0 Å². The first kappa shape index (κ1) is 35.1. The summed E-state index contributed by atoms with van der Waals surface area (Å²) in [5, 5.41) is 28.7. The highest BCUT2D eigenvalue weighted by Crippen LogP contribution is 2.30. The number of thiazole rings is 1. The molecule has 2 aromatic heterocycles. The van der Waals surface area contributed by atoms with Crippen molar-refractivity contribution in [1.29, 1.82) is 0 Å². The van der Waals surface area contributed by atoms with Crippen LogP contribution in [0.15, 0.2) is 90.7 Å². The molecule has 4 rings (SSSR count). The van der Waals surface area contributed by atoms with Crippen LogP contribution in [0.5, 0.6) is 0 Å². The molecular weight excluding hydrogens is 618 g/mol. The topological polar surface area (TPSA) is 163 Å². The van der Waals surface area contributed by atoms with Gasteiger partial charge in [0.2, 0.25) is 5.91 Å². The van der Waals surface area contributed by atoms with Crippen molar-refractivity contribution >= 4 is 29.4 Å². The molecule has 12 heteroatoms. The summed E-state index contributed by atoms with van der Waals surface area (Å²) in [5.41, 5.74) is 4.55. The average Bonchev–Trinajstić information content (AvgIpc) is 3.58. The normalized spacial score (nSPS) is 13.9. The number of carbonyl (C=O) groups is 3. The minimum Gasteiger partial charge on any atom is -0.465 e. The maximum absolute atomic E-state index is 14.0. The van der Waals surface area contributed by atoms with Crippen LogP contribution in [0.1, 0.15) is 49.1 Å². The van der Waals surface area contributed by atoms with E-state index in [0.717, 1.165) is 27.3 Å². The quantitative estimate of drug-likeness (QED) is 0.121. The van der Waals surface area contributed by atoms with E-state index in [4.69, 9.17) is 9.84 Å².